The van der Waals surface area contributed by atoms with E-state index in [-0.39, 0.29) is 18.1 Å². The molecule has 120 valence electrons. The Morgan fingerprint density at radius 3 is 2.78 bits per heavy atom. The van der Waals surface area contributed by atoms with E-state index in [1.165, 1.54) is 10.9 Å². The van der Waals surface area contributed by atoms with Crippen molar-refractivity contribution in [3.05, 3.63) is 47.4 Å². The Hall–Kier alpha value is -2.90. The molecule has 1 amide bonds. The molecule has 8 nitrogen and oxygen atoms in total. The SMILES string of the molecule is Cn1c(=O)n(CC(=O)NCCCn2cncn2)c2ccccc21. The number of para-hydroxylation sites is 2. The summed E-state index contributed by atoms with van der Waals surface area (Å²) in [7, 11) is 1.71. The molecule has 0 unspecified atom stereocenters. The van der Waals surface area contributed by atoms with Crippen molar-refractivity contribution in [1.82, 2.24) is 29.2 Å². The van der Waals surface area contributed by atoms with Crippen molar-refractivity contribution >= 4 is 16.9 Å². The Balaban J connectivity index is 1.60. The number of carbonyl (C=O) groups excluding carboxylic acids is 1. The van der Waals surface area contributed by atoms with Gasteiger partial charge in [-0.2, -0.15) is 5.10 Å². The number of aryl methyl sites for hydroxylation is 2. The summed E-state index contributed by atoms with van der Waals surface area (Å²) in [5.74, 6) is -0.179. The Kier molecular flexibility index (Phi) is 4.22. The number of hydrogen-bond acceptors (Lipinski definition) is 4. The number of nitrogens with zero attached hydrogens (tertiary/aromatic N) is 5. The summed E-state index contributed by atoms with van der Waals surface area (Å²) < 4.78 is 4.75. The van der Waals surface area contributed by atoms with Gasteiger partial charge in [0.1, 0.15) is 19.2 Å². The first-order valence-corrected chi connectivity index (χ1v) is 7.40. The van der Waals surface area contributed by atoms with Crippen LogP contribution < -0.4 is 11.0 Å². The third-order valence-corrected chi connectivity index (χ3v) is 3.71. The summed E-state index contributed by atoms with van der Waals surface area (Å²) in [6, 6.07) is 7.43. The number of imidazole rings is 1. The smallest absolute Gasteiger partial charge is 0.329 e. The number of benzene rings is 1. The number of fused-ring (bicyclic) bond motifs is 1. The lowest BCUT2D eigenvalue weighted by Gasteiger charge is -2.06. The molecule has 0 spiro atoms. The normalized spacial score (nSPS) is 11.0. The molecule has 1 aromatic carbocycles. The molecule has 0 saturated carbocycles. The van der Waals surface area contributed by atoms with Crippen LogP contribution >= 0.6 is 0 Å². The standard InChI is InChI=1S/C15H18N6O2/c1-19-12-5-2-3-6-13(12)21(15(19)23)9-14(22)17-7-4-8-20-11-16-10-18-20/h2-3,5-6,10-11H,4,7-9H2,1H3,(H,17,22). The highest BCUT2D eigenvalue weighted by atomic mass is 16.2. The summed E-state index contributed by atoms with van der Waals surface area (Å²) in [6.07, 6.45) is 3.86. The molecule has 0 aliphatic heterocycles. The van der Waals surface area contributed by atoms with Crippen molar-refractivity contribution in [2.45, 2.75) is 19.5 Å². The summed E-state index contributed by atoms with van der Waals surface area (Å²) in [5, 5.41) is 6.82. The molecule has 2 heterocycles. The molecule has 0 radical (unpaired) electrons. The minimum Gasteiger partial charge on any atom is -0.354 e. The predicted octanol–water partition coefficient (Wildman–Crippen LogP) is 0.138. The third kappa shape index (κ3) is 3.15. The first-order chi connectivity index (χ1) is 11.2. The molecular weight excluding hydrogens is 296 g/mol. The van der Waals surface area contributed by atoms with Crippen LogP contribution in [-0.4, -0.2) is 36.4 Å². The Morgan fingerprint density at radius 2 is 2.04 bits per heavy atom. The van der Waals surface area contributed by atoms with E-state index in [1.807, 2.05) is 24.3 Å². The van der Waals surface area contributed by atoms with Gasteiger partial charge >= 0.3 is 5.69 Å². The largest absolute Gasteiger partial charge is 0.354 e. The van der Waals surface area contributed by atoms with Crippen molar-refractivity contribution in [2.75, 3.05) is 6.54 Å². The van der Waals surface area contributed by atoms with E-state index >= 15 is 0 Å². The maximum atomic E-state index is 12.2. The summed E-state index contributed by atoms with van der Waals surface area (Å²) >= 11 is 0. The lowest BCUT2D eigenvalue weighted by Crippen LogP contribution is -2.33. The lowest BCUT2D eigenvalue weighted by molar-refractivity contribution is -0.121. The Bertz CT molecular complexity index is 862. The Labute approximate surface area is 132 Å². The van der Waals surface area contributed by atoms with Gasteiger partial charge in [0.15, 0.2) is 0 Å². The molecule has 3 aromatic rings. The Morgan fingerprint density at radius 1 is 1.26 bits per heavy atom. The minimum atomic E-state index is -0.191. The highest BCUT2D eigenvalue weighted by molar-refractivity contribution is 5.80. The van der Waals surface area contributed by atoms with Crippen LogP contribution in [0.5, 0.6) is 0 Å². The monoisotopic (exact) mass is 314 g/mol. The first-order valence-electron chi connectivity index (χ1n) is 7.40. The van der Waals surface area contributed by atoms with E-state index in [9.17, 15) is 9.59 Å². The maximum absolute atomic E-state index is 12.2. The van der Waals surface area contributed by atoms with Crippen LogP contribution in [0.2, 0.25) is 0 Å². The van der Waals surface area contributed by atoms with Crippen LogP contribution in [0.4, 0.5) is 0 Å². The number of carbonyl (C=O) groups is 1. The fourth-order valence-electron chi connectivity index (χ4n) is 2.53. The molecule has 1 N–H and O–H groups in total. The number of rotatable bonds is 6. The van der Waals surface area contributed by atoms with Gasteiger partial charge in [0, 0.05) is 20.1 Å². The van der Waals surface area contributed by atoms with Gasteiger partial charge in [-0.1, -0.05) is 12.1 Å². The zero-order valence-electron chi connectivity index (χ0n) is 12.8. The third-order valence-electron chi connectivity index (χ3n) is 3.71. The second-order valence-corrected chi connectivity index (χ2v) is 5.28. The van der Waals surface area contributed by atoms with Crippen LogP contribution in [-0.2, 0) is 24.9 Å². The van der Waals surface area contributed by atoms with E-state index in [4.69, 9.17) is 0 Å². The van der Waals surface area contributed by atoms with E-state index in [1.54, 1.807) is 22.6 Å². The second-order valence-electron chi connectivity index (χ2n) is 5.28. The summed E-state index contributed by atoms with van der Waals surface area (Å²) in [4.78, 5) is 28.2. The van der Waals surface area contributed by atoms with E-state index in [0.717, 1.165) is 17.5 Å². The fourth-order valence-corrected chi connectivity index (χ4v) is 2.53. The molecule has 0 aliphatic carbocycles. The molecule has 0 fully saturated rings. The van der Waals surface area contributed by atoms with Crippen LogP contribution in [0, 0.1) is 0 Å². The highest BCUT2D eigenvalue weighted by Crippen LogP contribution is 2.10. The van der Waals surface area contributed by atoms with Crippen molar-refractivity contribution in [3.8, 4) is 0 Å². The van der Waals surface area contributed by atoms with Crippen LogP contribution in [0.1, 0.15) is 6.42 Å². The average molecular weight is 314 g/mol. The average Bonchev–Trinajstić information content (AvgIpc) is 3.15. The minimum absolute atomic E-state index is 0.0174. The number of nitrogens with one attached hydrogen (secondary N) is 1. The van der Waals surface area contributed by atoms with Crippen LogP contribution in [0.15, 0.2) is 41.7 Å². The van der Waals surface area contributed by atoms with Gasteiger partial charge in [-0.25, -0.2) is 9.78 Å². The van der Waals surface area contributed by atoms with Gasteiger partial charge in [0.05, 0.1) is 11.0 Å². The molecule has 3 rings (SSSR count). The highest BCUT2D eigenvalue weighted by Gasteiger charge is 2.12. The second kappa shape index (κ2) is 6.47. The molecule has 0 bridgehead atoms. The zero-order valence-corrected chi connectivity index (χ0v) is 12.8. The number of aromatic nitrogens is 5. The van der Waals surface area contributed by atoms with Gasteiger partial charge in [-0.3, -0.25) is 18.6 Å². The van der Waals surface area contributed by atoms with Gasteiger partial charge < -0.3 is 5.32 Å². The molecule has 8 heteroatoms. The van der Waals surface area contributed by atoms with E-state index in [2.05, 4.69) is 15.4 Å². The summed E-state index contributed by atoms with van der Waals surface area (Å²) in [5.41, 5.74) is 1.39. The van der Waals surface area contributed by atoms with Crippen molar-refractivity contribution in [3.63, 3.8) is 0 Å². The molecule has 0 saturated heterocycles. The molecule has 23 heavy (non-hydrogen) atoms. The van der Waals surface area contributed by atoms with Gasteiger partial charge in [0.25, 0.3) is 0 Å². The topological polar surface area (TPSA) is 86.7 Å². The van der Waals surface area contributed by atoms with Gasteiger partial charge in [0.2, 0.25) is 5.91 Å². The van der Waals surface area contributed by atoms with Gasteiger partial charge in [-0.05, 0) is 18.6 Å². The molecule has 2 aromatic heterocycles. The van der Waals surface area contributed by atoms with Crippen molar-refractivity contribution in [1.29, 1.82) is 0 Å². The van der Waals surface area contributed by atoms with E-state index < -0.39 is 0 Å². The van der Waals surface area contributed by atoms with Crippen molar-refractivity contribution in [2.24, 2.45) is 7.05 Å². The first kappa shape index (κ1) is 15.0. The van der Waals surface area contributed by atoms with Crippen molar-refractivity contribution < 1.29 is 4.79 Å². The number of amides is 1. The quantitative estimate of drug-likeness (QED) is 0.656. The molecule has 0 aliphatic rings. The van der Waals surface area contributed by atoms with Crippen LogP contribution in [0.25, 0.3) is 11.0 Å². The lowest BCUT2D eigenvalue weighted by atomic mass is 10.3. The zero-order chi connectivity index (χ0) is 16.2. The molecular formula is C15H18N6O2. The fraction of sp³-hybridized carbons (Fsp3) is 0.333. The molecule has 0 atom stereocenters. The summed E-state index contributed by atoms with van der Waals surface area (Å²) in [6.45, 7) is 1.23. The van der Waals surface area contributed by atoms with E-state index in [0.29, 0.717) is 13.1 Å². The van der Waals surface area contributed by atoms with Gasteiger partial charge in [-0.15, -0.1) is 0 Å². The van der Waals surface area contributed by atoms with Crippen LogP contribution in [0.3, 0.4) is 0 Å². The predicted molar refractivity (Wildman–Crippen MR) is 84.8 cm³/mol. The maximum Gasteiger partial charge on any atom is 0.329 e. The number of hydrogen-bond donors (Lipinski definition) is 1.